The molecule has 0 aromatic heterocycles. The molecule has 14 heavy (non-hydrogen) atoms. The number of amides is 2. The second kappa shape index (κ2) is 5.20. The molecule has 2 unspecified atom stereocenters. The van der Waals surface area contributed by atoms with Crippen LogP contribution in [-0.2, 0) is 0 Å². The molecule has 1 aliphatic rings. The minimum absolute atomic E-state index is 0.0258. The minimum Gasteiger partial charge on any atom is -0.341 e. The molecule has 0 aliphatic heterocycles. The van der Waals surface area contributed by atoms with Crippen LogP contribution < -0.4 is 11.1 Å². The van der Waals surface area contributed by atoms with Crippen LogP contribution in [0.4, 0.5) is 4.79 Å². The minimum atomic E-state index is 0.0258. The van der Waals surface area contributed by atoms with Gasteiger partial charge in [0.2, 0.25) is 0 Å². The van der Waals surface area contributed by atoms with Crippen molar-refractivity contribution in [3.8, 4) is 0 Å². The lowest BCUT2D eigenvalue weighted by Gasteiger charge is -2.31. The van der Waals surface area contributed by atoms with Crippen molar-refractivity contribution in [2.75, 3.05) is 20.1 Å². The molecule has 0 bridgehead atoms. The lowest BCUT2D eigenvalue weighted by molar-refractivity contribution is 0.165. The third kappa shape index (κ3) is 2.18. The molecule has 1 aliphatic carbocycles. The second-order valence-electron chi connectivity index (χ2n) is 3.84. The second-order valence-corrected chi connectivity index (χ2v) is 3.84. The van der Waals surface area contributed by atoms with Crippen LogP contribution in [0.3, 0.4) is 0 Å². The van der Waals surface area contributed by atoms with Gasteiger partial charge in [0, 0.05) is 19.6 Å². The predicted molar refractivity (Wildman–Crippen MR) is 57.0 cm³/mol. The van der Waals surface area contributed by atoms with Gasteiger partial charge in [-0.05, 0) is 32.2 Å². The number of rotatable bonds is 3. The first-order chi connectivity index (χ1) is 6.74. The van der Waals surface area contributed by atoms with E-state index in [0.29, 0.717) is 18.5 Å². The largest absolute Gasteiger partial charge is 0.341 e. The monoisotopic (exact) mass is 199 g/mol. The lowest BCUT2D eigenvalue weighted by atomic mass is 10.0. The van der Waals surface area contributed by atoms with Crippen LogP contribution in [0.2, 0.25) is 0 Å². The van der Waals surface area contributed by atoms with Crippen LogP contribution >= 0.6 is 0 Å². The van der Waals surface area contributed by atoms with Gasteiger partial charge in [0.05, 0.1) is 0 Å². The van der Waals surface area contributed by atoms with E-state index in [-0.39, 0.29) is 6.03 Å². The number of urea groups is 1. The van der Waals surface area contributed by atoms with Crippen LogP contribution in [0.5, 0.6) is 0 Å². The zero-order valence-electron chi connectivity index (χ0n) is 9.12. The Labute approximate surface area is 85.8 Å². The van der Waals surface area contributed by atoms with E-state index in [2.05, 4.69) is 5.32 Å². The van der Waals surface area contributed by atoms with Gasteiger partial charge in [0.25, 0.3) is 0 Å². The van der Waals surface area contributed by atoms with Crippen molar-refractivity contribution in [1.29, 1.82) is 0 Å². The highest BCUT2D eigenvalue weighted by Gasteiger charge is 2.32. The van der Waals surface area contributed by atoms with Gasteiger partial charge in [-0.25, -0.2) is 4.79 Å². The zero-order valence-corrected chi connectivity index (χ0v) is 9.12. The van der Waals surface area contributed by atoms with E-state index in [1.165, 1.54) is 6.42 Å². The molecule has 4 heteroatoms. The van der Waals surface area contributed by atoms with Gasteiger partial charge in [-0.3, -0.25) is 0 Å². The number of nitrogens with one attached hydrogen (secondary N) is 1. The summed E-state index contributed by atoms with van der Waals surface area (Å²) in [5.74, 6) is 0.493. The topological polar surface area (TPSA) is 58.4 Å². The van der Waals surface area contributed by atoms with Crippen molar-refractivity contribution in [3.05, 3.63) is 0 Å². The molecular weight excluding hydrogens is 178 g/mol. The molecule has 82 valence electrons. The van der Waals surface area contributed by atoms with E-state index in [1.54, 1.807) is 7.05 Å². The van der Waals surface area contributed by atoms with Gasteiger partial charge in [-0.1, -0.05) is 6.42 Å². The molecule has 0 aromatic carbocycles. The molecule has 3 N–H and O–H groups in total. The summed E-state index contributed by atoms with van der Waals surface area (Å²) in [6.07, 6.45) is 3.46. The van der Waals surface area contributed by atoms with Crippen LogP contribution in [0.1, 0.15) is 26.2 Å². The average Bonchev–Trinajstić information content (AvgIpc) is 2.66. The van der Waals surface area contributed by atoms with Gasteiger partial charge in [0.1, 0.15) is 0 Å². The summed E-state index contributed by atoms with van der Waals surface area (Å²) in [5, 5.41) is 2.68. The predicted octanol–water partition coefficient (Wildman–Crippen LogP) is 0.775. The Balaban J connectivity index is 2.63. The number of carbonyl (C=O) groups excluding carboxylic acids is 1. The third-order valence-corrected chi connectivity index (χ3v) is 3.14. The summed E-state index contributed by atoms with van der Waals surface area (Å²) < 4.78 is 0. The fourth-order valence-corrected chi connectivity index (χ4v) is 2.37. The molecule has 0 radical (unpaired) electrons. The van der Waals surface area contributed by atoms with Crippen LogP contribution in [0, 0.1) is 5.92 Å². The van der Waals surface area contributed by atoms with Crippen LogP contribution in [0.15, 0.2) is 0 Å². The van der Waals surface area contributed by atoms with Crippen molar-refractivity contribution in [1.82, 2.24) is 10.2 Å². The van der Waals surface area contributed by atoms with E-state index in [0.717, 1.165) is 19.4 Å². The maximum atomic E-state index is 11.6. The summed E-state index contributed by atoms with van der Waals surface area (Å²) >= 11 is 0. The molecule has 1 rings (SSSR count). The maximum Gasteiger partial charge on any atom is 0.317 e. The smallest absolute Gasteiger partial charge is 0.317 e. The van der Waals surface area contributed by atoms with Crippen LogP contribution in [-0.4, -0.2) is 37.1 Å². The van der Waals surface area contributed by atoms with E-state index in [1.807, 2.05) is 11.8 Å². The Hall–Kier alpha value is -0.770. The molecule has 0 aromatic rings. The highest BCUT2D eigenvalue weighted by atomic mass is 16.2. The van der Waals surface area contributed by atoms with Crippen molar-refractivity contribution in [3.63, 3.8) is 0 Å². The number of hydrogen-bond acceptors (Lipinski definition) is 2. The van der Waals surface area contributed by atoms with Gasteiger partial charge in [-0.15, -0.1) is 0 Å². The SMILES string of the molecule is CCN(C(=O)NC)C1CCCC1CN. The number of carbonyl (C=O) groups is 1. The first-order valence-electron chi connectivity index (χ1n) is 5.43. The van der Waals surface area contributed by atoms with Gasteiger partial charge in [0.15, 0.2) is 0 Å². The van der Waals surface area contributed by atoms with Crippen molar-refractivity contribution in [2.24, 2.45) is 11.7 Å². The number of nitrogens with two attached hydrogens (primary N) is 1. The number of nitrogens with zero attached hydrogens (tertiary/aromatic N) is 1. The normalized spacial score (nSPS) is 26.2. The fourth-order valence-electron chi connectivity index (χ4n) is 2.37. The molecule has 2 amide bonds. The third-order valence-electron chi connectivity index (χ3n) is 3.14. The van der Waals surface area contributed by atoms with Crippen molar-refractivity contribution >= 4 is 6.03 Å². The Morgan fingerprint density at radius 3 is 2.79 bits per heavy atom. The van der Waals surface area contributed by atoms with E-state index >= 15 is 0 Å². The van der Waals surface area contributed by atoms with Crippen LogP contribution in [0.25, 0.3) is 0 Å². The van der Waals surface area contributed by atoms with E-state index < -0.39 is 0 Å². The molecule has 2 atom stereocenters. The molecule has 0 heterocycles. The first-order valence-corrected chi connectivity index (χ1v) is 5.43. The fraction of sp³-hybridized carbons (Fsp3) is 0.900. The standard InChI is InChI=1S/C10H21N3O/c1-3-13(10(14)12-2)9-6-4-5-8(9)7-11/h8-9H,3-7,11H2,1-2H3,(H,12,14). The van der Waals surface area contributed by atoms with Gasteiger partial charge < -0.3 is 16.0 Å². The van der Waals surface area contributed by atoms with Crippen molar-refractivity contribution in [2.45, 2.75) is 32.2 Å². The Morgan fingerprint density at radius 1 is 1.57 bits per heavy atom. The van der Waals surface area contributed by atoms with E-state index in [9.17, 15) is 4.79 Å². The summed E-state index contributed by atoms with van der Waals surface area (Å²) in [6, 6.07) is 0.378. The molecular formula is C10H21N3O. The quantitative estimate of drug-likeness (QED) is 0.705. The average molecular weight is 199 g/mol. The molecule has 4 nitrogen and oxygen atoms in total. The van der Waals surface area contributed by atoms with Gasteiger partial charge >= 0.3 is 6.03 Å². The molecule has 0 saturated heterocycles. The molecule has 0 spiro atoms. The Morgan fingerprint density at radius 2 is 2.29 bits per heavy atom. The number of hydrogen-bond donors (Lipinski definition) is 2. The summed E-state index contributed by atoms with van der Waals surface area (Å²) in [4.78, 5) is 13.5. The lowest BCUT2D eigenvalue weighted by Crippen LogP contribution is -2.47. The Bertz CT molecular complexity index is 196. The first kappa shape index (κ1) is 11.3. The van der Waals surface area contributed by atoms with Gasteiger partial charge in [-0.2, -0.15) is 0 Å². The van der Waals surface area contributed by atoms with E-state index in [4.69, 9.17) is 5.73 Å². The summed E-state index contributed by atoms with van der Waals surface area (Å²) in [5.41, 5.74) is 5.70. The summed E-state index contributed by atoms with van der Waals surface area (Å²) in [6.45, 7) is 3.47. The maximum absolute atomic E-state index is 11.6. The summed E-state index contributed by atoms with van der Waals surface area (Å²) in [7, 11) is 1.68. The Kier molecular flexibility index (Phi) is 4.20. The van der Waals surface area contributed by atoms with Crippen molar-refractivity contribution < 1.29 is 4.79 Å². The molecule has 1 fully saturated rings. The highest BCUT2D eigenvalue weighted by Crippen LogP contribution is 2.29. The molecule has 1 saturated carbocycles. The highest BCUT2D eigenvalue weighted by molar-refractivity contribution is 5.74. The zero-order chi connectivity index (χ0) is 10.6.